The Hall–Kier alpha value is -1.93. The van der Waals surface area contributed by atoms with Crippen LogP contribution in [0.15, 0.2) is 29.2 Å². The second-order valence-corrected chi connectivity index (χ2v) is 8.26. The normalized spacial score (nSPS) is 15.6. The van der Waals surface area contributed by atoms with Crippen LogP contribution in [0.25, 0.3) is 0 Å². The van der Waals surface area contributed by atoms with Gasteiger partial charge in [0.05, 0.1) is 4.90 Å². The van der Waals surface area contributed by atoms with Gasteiger partial charge in [0.1, 0.15) is 0 Å². The van der Waals surface area contributed by atoms with Gasteiger partial charge in [-0.3, -0.25) is 9.59 Å². The second-order valence-electron chi connectivity index (χ2n) is 6.55. The fourth-order valence-corrected chi connectivity index (χ4v) is 3.63. The van der Waals surface area contributed by atoms with Gasteiger partial charge >= 0.3 is 5.97 Å². The topological polar surface area (TPSA) is 113 Å². The van der Waals surface area contributed by atoms with Crippen molar-refractivity contribution < 1.29 is 23.1 Å². The van der Waals surface area contributed by atoms with Gasteiger partial charge in [0.2, 0.25) is 15.9 Å². The van der Waals surface area contributed by atoms with Crippen molar-refractivity contribution in [3.05, 3.63) is 29.8 Å². The van der Waals surface area contributed by atoms with Gasteiger partial charge < -0.3 is 10.4 Å². The fourth-order valence-electron chi connectivity index (χ4n) is 2.33. The molecule has 0 saturated heterocycles. The molecule has 1 fully saturated rings. The quantitative estimate of drug-likeness (QED) is 0.576. The summed E-state index contributed by atoms with van der Waals surface area (Å²) in [7, 11) is -3.45. The molecule has 1 atom stereocenters. The molecule has 138 valence electrons. The molecule has 0 bridgehead atoms. The zero-order valence-electron chi connectivity index (χ0n) is 14.2. The molecule has 0 aliphatic heterocycles. The average Bonchev–Trinajstić information content (AvgIpc) is 3.34. The van der Waals surface area contributed by atoms with Crippen molar-refractivity contribution in [2.45, 2.75) is 50.0 Å². The number of amides is 1. The van der Waals surface area contributed by atoms with Crippen molar-refractivity contribution in [3.8, 4) is 0 Å². The Morgan fingerprint density at radius 1 is 1.24 bits per heavy atom. The molecule has 1 aliphatic carbocycles. The molecule has 1 aromatic rings. The second kappa shape index (κ2) is 8.44. The highest BCUT2D eigenvalue weighted by molar-refractivity contribution is 7.89. The Bertz CT molecular complexity index is 711. The Morgan fingerprint density at radius 2 is 1.88 bits per heavy atom. The van der Waals surface area contributed by atoms with E-state index in [0.717, 1.165) is 18.4 Å². The molecular weight excluding hydrogens is 344 g/mol. The minimum absolute atomic E-state index is 0.0190. The molecule has 8 heteroatoms. The number of hydrogen-bond acceptors (Lipinski definition) is 4. The van der Waals surface area contributed by atoms with Crippen molar-refractivity contribution in [3.63, 3.8) is 0 Å². The van der Waals surface area contributed by atoms with E-state index in [1.54, 1.807) is 31.2 Å². The SMILES string of the molecule is CC(CNC(=O)CCc1ccc(S(=O)(=O)NC2CC2)cc1)CC(=O)O. The number of carboxylic acids is 1. The van der Waals surface area contributed by atoms with Crippen LogP contribution >= 0.6 is 0 Å². The van der Waals surface area contributed by atoms with Gasteiger partial charge in [-0.25, -0.2) is 13.1 Å². The summed E-state index contributed by atoms with van der Waals surface area (Å²) in [6.07, 6.45) is 2.56. The number of hydrogen-bond donors (Lipinski definition) is 3. The van der Waals surface area contributed by atoms with Crippen LogP contribution in [-0.2, 0) is 26.0 Å². The summed E-state index contributed by atoms with van der Waals surface area (Å²) in [5.41, 5.74) is 0.874. The van der Waals surface area contributed by atoms with E-state index in [1.807, 2.05) is 0 Å². The zero-order chi connectivity index (χ0) is 18.4. The summed E-state index contributed by atoms with van der Waals surface area (Å²) in [6, 6.07) is 6.58. The smallest absolute Gasteiger partial charge is 0.303 e. The number of rotatable bonds is 10. The van der Waals surface area contributed by atoms with Crippen molar-refractivity contribution in [2.24, 2.45) is 5.92 Å². The van der Waals surface area contributed by atoms with Crippen LogP contribution in [0.2, 0.25) is 0 Å². The van der Waals surface area contributed by atoms with Crippen LogP contribution in [0.4, 0.5) is 0 Å². The first-order chi connectivity index (χ1) is 11.8. The van der Waals surface area contributed by atoms with Gasteiger partial charge in [-0.05, 0) is 42.9 Å². The van der Waals surface area contributed by atoms with Crippen LogP contribution < -0.4 is 10.0 Å². The lowest BCUT2D eigenvalue weighted by Crippen LogP contribution is -2.29. The largest absolute Gasteiger partial charge is 0.481 e. The Labute approximate surface area is 147 Å². The standard InChI is InChI=1S/C17H24N2O5S/c1-12(10-17(21)22)11-18-16(20)9-4-13-2-7-15(8-3-13)25(23,24)19-14-5-6-14/h2-3,7-8,12,14,19H,4-6,9-11H2,1H3,(H,18,20)(H,21,22). The maximum Gasteiger partial charge on any atom is 0.303 e. The lowest BCUT2D eigenvalue weighted by atomic mass is 10.1. The third-order valence-electron chi connectivity index (χ3n) is 3.94. The number of benzene rings is 1. The molecule has 7 nitrogen and oxygen atoms in total. The third kappa shape index (κ3) is 6.83. The highest BCUT2D eigenvalue weighted by atomic mass is 32.2. The molecule has 3 N–H and O–H groups in total. The van der Waals surface area contributed by atoms with E-state index in [-0.39, 0.29) is 35.6 Å². The number of aryl methyl sites for hydroxylation is 1. The summed E-state index contributed by atoms with van der Waals surface area (Å²) in [5, 5.41) is 11.4. The summed E-state index contributed by atoms with van der Waals surface area (Å²) in [5.74, 6) is -1.15. The van der Waals surface area contributed by atoms with Gasteiger partial charge in [0, 0.05) is 25.4 Å². The first-order valence-corrected chi connectivity index (χ1v) is 9.84. The van der Waals surface area contributed by atoms with Gasteiger partial charge in [-0.2, -0.15) is 0 Å². The zero-order valence-corrected chi connectivity index (χ0v) is 15.0. The molecule has 1 aromatic carbocycles. The van der Waals surface area contributed by atoms with Crippen LogP contribution in [-0.4, -0.2) is 38.0 Å². The number of sulfonamides is 1. The summed E-state index contributed by atoms with van der Waals surface area (Å²) in [6.45, 7) is 2.10. The van der Waals surface area contributed by atoms with E-state index in [0.29, 0.717) is 13.0 Å². The van der Waals surface area contributed by atoms with E-state index in [4.69, 9.17) is 5.11 Å². The van der Waals surface area contributed by atoms with E-state index in [9.17, 15) is 18.0 Å². The summed E-state index contributed by atoms with van der Waals surface area (Å²) in [4.78, 5) is 22.6. The Morgan fingerprint density at radius 3 is 2.44 bits per heavy atom. The van der Waals surface area contributed by atoms with Crippen LogP contribution in [0, 0.1) is 5.92 Å². The number of carboxylic acid groups (broad SMARTS) is 1. The first-order valence-electron chi connectivity index (χ1n) is 8.36. The molecule has 25 heavy (non-hydrogen) atoms. The molecule has 0 spiro atoms. The molecule has 2 rings (SSSR count). The maximum absolute atomic E-state index is 12.1. The van der Waals surface area contributed by atoms with E-state index in [2.05, 4.69) is 10.0 Å². The van der Waals surface area contributed by atoms with E-state index < -0.39 is 16.0 Å². The predicted octanol–water partition coefficient (Wildman–Crippen LogP) is 1.29. The van der Waals surface area contributed by atoms with E-state index >= 15 is 0 Å². The average molecular weight is 368 g/mol. The number of carbonyl (C=O) groups excluding carboxylic acids is 1. The van der Waals surface area contributed by atoms with Crippen LogP contribution in [0.3, 0.4) is 0 Å². The minimum Gasteiger partial charge on any atom is -0.481 e. The minimum atomic E-state index is -3.45. The van der Waals surface area contributed by atoms with Crippen LogP contribution in [0.5, 0.6) is 0 Å². The van der Waals surface area contributed by atoms with Gasteiger partial charge in [0.25, 0.3) is 0 Å². The maximum atomic E-state index is 12.1. The van der Waals surface area contributed by atoms with Gasteiger partial charge in [0.15, 0.2) is 0 Å². The summed E-state index contributed by atoms with van der Waals surface area (Å²) >= 11 is 0. The number of aliphatic carboxylic acids is 1. The molecule has 1 amide bonds. The molecule has 1 unspecified atom stereocenters. The van der Waals surface area contributed by atoms with Crippen molar-refractivity contribution >= 4 is 21.9 Å². The monoisotopic (exact) mass is 368 g/mol. The molecular formula is C17H24N2O5S. The van der Waals surface area contributed by atoms with Gasteiger partial charge in [-0.15, -0.1) is 0 Å². The third-order valence-corrected chi connectivity index (χ3v) is 5.48. The lowest BCUT2D eigenvalue weighted by Gasteiger charge is -2.10. The highest BCUT2D eigenvalue weighted by Crippen LogP contribution is 2.22. The number of carbonyl (C=O) groups is 2. The molecule has 0 heterocycles. The highest BCUT2D eigenvalue weighted by Gasteiger charge is 2.27. The predicted molar refractivity (Wildman–Crippen MR) is 92.5 cm³/mol. The fraction of sp³-hybridized carbons (Fsp3) is 0.529. The Balaban J connectivity index is 1.77. The number of nitrogens with one attached hydrogen (secondary N) is 2. The van der Waals surface area contributed by atoms with Crippen LogP contribution in [0.1, 0.15) is 38.2 Å². The van der Waals surface area contributed by atoms with Gasteiger partial charge in [-0.1, -0.05) is 19.1 Å². The molecule has 0 aromatic heterocycles. The molecule has 0 radical (unpaired) electrons. The Kier molecular flexibility index (Phi) is 6.55. The van der Waals surface area contributed by atoms with Crippen molar-refractivity contribution in [2.75, 3.05) is 6.54 Å². The lowest BCUT2D eigenvalue weighted by molar-refractivity contribution is -0.138. The first kappa shape index (κ1) is 19.4. The van der Waals surface area contributed by atoms with E-state index in [1.165, 1.54) is 0 Å². The summed E-state index contributed by atoms with van der Waals surface area (Å²) < 4.78 is 26.8. The molecule has 1 saturated carbocycles. The molecule has 1 aliphatic rings. The van der Waals surface area contributed by atoms with Crippen molar-refractivity contribution in [1.29, 1.82) is 0 Å². The van der Waals surface area contributed by atoms with Crippen molar-refractivity contribution in [1.82, 2.24) is 10.0 Å².